The van der Waals surface area contributed by atoms with Crippen LogP contribution in [-0.2, 0) is 14.3 Å². The van der Waals surface area contributed by atoms with E-state index in [9.17, 15) is 9.59 Å². The minimum Gasteiger partial charge on any atom is -0.467 e. The van der Waals surface area contributed by atoms with Gasteiger partial charge in [0.2, 0.25) is 5.91 Å². The maximum absolute atomic E-state index is 12.6. The summed E-state index contributed by atoms with van der Waals surface area (Å²) in [6, 6.07) is 13.5. The zero-order chi connectivity index (χ0) is 18.0. The van der Waals surface area contributed by atoms with Gasteiger partial charge in [-0.3, -0.25) is 4.79 Å². The second-order valence-corrected chi connectivity index (χ2v) is 6.76. The van der Waals surface area contributed by atoms with Gasteiger partial charge >= 0.3 is 5.97 Å². The Labute approximate surface area is 156 Å². The van der Waals surface area contributed by atoms with E-state index in [1.54, 1.807) is 29.2 Å². The fraction of sp³-hybridized carbons (Fsp3) is 0.263. The maximum atomic E-state index is 12.6. The molecule has 1 aliphatic heterocycles. The van der Waals surface area contributed by atoms with Gasteiger partial charge in [0.05, 0.1) is 13.2 Å². The summed E-state index contributed by atoms with van der Waals surface area (Å²) in [5, 5.41) is 1.21. The van der Waals surface area contributed by atoms with E-state index in [4.69, 9.17) is 27.9 Å². The summed E-state index contributed by atoms with van der Waals surface area (Å²) >= 11 is 12.0. The average Bonchev–Trinajstić information content (AvgIpc) is 2.99. The van der Waals surface area contributed by atoms with Crippen LogP contribution in [0.2, 0.25) is 10.0 Å². The Kier molecular flexibility index (Phi) is 5.30. The number of benzene rings is 2. The molecule has 1 heterocycles. The molecule has 2 aromatic carbocycles. The number of carbonyl (C=O) groups is 2. The number of ether oxygens (including phenoxy) is 1. The van der Waals surface area contributed by atoms with E-state index in [2.05, 4.69) is 0 Å². The van der Waals surface area contributed by atoms with Gasteiger partial charge in [-0.15, -0.1) is 0 Å². The molecule has 25 heavy (non-hydrogen) atoms. The number of amides is 1. The van der Waals surface area contributed by atoms with Crippen molar-refractivity contribution in [2.75, 3.05) is 7.11 Å². The van der Waals surface area contributed by atoms with E-state index >= 15 is 0 Å². The van der Waals surface area contributed by atoms with Gasteiger partial charge in [0.1, 0.15) is 6.04 Å². The Bertz CT molecular complexity index is 729. The number of rotatable bonds is 4. The Balaban J connectivity index is 2.09. The lowest BCUT2D eigenvalue weighted by Gasteiger charge is -2.33. The van der Waals surface area contributed by atoms with Gasteiger partial charge in [-0.1, -0.05) is 47.5 Å². The number of esters is 1. The number of nitrogens with zero attached hydrogens (tertiary/aromatic N) is 1. The number of hydrogen-bond donors (Lipinski definition) is 0. The van der Waals surface area contributed by atoms with Crippen molar-refractivity contribution >= 4 is 35.1 Å². The van der Waals surface area contributed by atoms with Crippen LogP contribution in [0, 0.1) is 0 Å². The number of halogens is 2. The van der Waals surface area contributed by atoms with Crippen LogP contribution in [0.5, 0.6) is 0 Å². The average molecular weight is 378 g/mol. The molecule has 1 amide bonds. The fourth-order valence-electron chi connectivity index (χ4n) is 3.20. The lowest BCUT2D eigenvalue weighted by atomic mass is 9.96. The first-order valence-electron chi connectivity index (χ1n) is 7.91. The van der Waals surface area contributed by atoms with E-state index < -0.39 is 18.1 Å². The Morgan fingerprint density at radius 1 is 1.04 bits per heavy atom. The van der Waals surface area contributed by atoms with Crippen LogP contribution in [-0.4, -0.2) is 29.9 Å². The summed E-state index contributed by atoms with van der Waals surface area (Å²) in [6.45, 7) is 0. The van der Waals surface area contributed by atoms with Crippen LogP contribution in [0.25, 0.3) is 0 Å². The first-order chi connectivity index (χ1) is 12.0. The highest BCUT2D eigenvalue weighted by molar-refractivity contribution is 6.30. The molecule has 1 saturated heterocycles. The topological polar surface area (TPSA) is 46.6 Å². The quantitative estimate of drug-likeness (QED) is 0.748. The molecule has 0 bridgehead atoms. The third-order valence-electron chi connectivity index (χ3n) is 4.38. The van der Waals surface area contributed by atoms with Gasteiger partial charge in [-0.05, 0) is 41.8 Å². The maximum Gasteiger partial charge on any atom is 0.328 e. The molecule has 0 spiro atoms. The van der Waals surface area contributed by atoms with E-state index in [0.29, 0.717) is 22.9 Å². The third-order valence-corrected chi connectivity index (χ3v) is 4.88. The lowest BCUT2D eigenvalue weighted by Crippen LogP contribution is -2.42. The SMILES string of the molecule is COC(=O)[C@@H]1CCC(=O)N1C(c1ccc(Cl)cc1)c1ccc(Cl)cc1. The van der Waals surface area contributed by atoms with Crippen molar-refractivity contribution in [1.82, 2.24) is 4.90 Å². The van der Waals surface area contributed by atoms with Crippen LogP contribution in [0.1, 0.15) is 30.0 Å². The molecule has 3 rings (SSSR count). The van der Waals surface area contributed by atoms with Crippen molar-refractivity contribution in [3.8, 4) is 0 Å². The number of methoxy groups -OCH3 is 1. The second kappa shape index (κ2) is 7.46. The second-order valence-electron chi connectivity index (χ2n) is 5.88. The van der Waals surface area contributed by atoms with Gasteiger partial charge in [0, 0.05) is 16.5 Å². The van der Waals surface area contributed by atoms with E-state index in [1.807, 2.05) is 24.3 Å². The minimum atomic E-state index is -0.603. The van der Waals surface area contributed by atoms with Crippen LogP contribution in [0.3, 0.4) is 0 Å². The summed E-state index contributed by atoms with van der Waals surface area (Å²) < 4.78 is 4.90. The van der Waals surface area contributed by atoms with Crippen LogP contribution < -0.4 is 0 Å². The molecule has 6 heteroatoms. The molecule has 0 aromatic heterocycles. The Hall–Kier alpha value is -2.04. The highest BCUT2D eigenvalue weighted by Gasteiger charge is 2.42. The van der Waals surface area contributed by atoms with Gasteiger partial charge in [-0.2, -0.15) is 0 Å². The molecule has 0 radical (unpaired) electrons. The van der Waals surface area contributed by atoms with Crippen LogP contribution in [0.15, 0.2) is 48.5 Å². The third kappa shape index (κ3) is 3.65. The molecule has 2 aromatic rings. The summed E-state index contributed by atoms with van der Waals surface area (Å²) in [5.41, 5.74) is 1.74. The van der Waals surface area contributed by atoms with E-state index in [0.717, 1.165) is 11.1 Å². The largest absolute Gasteiger partial charge is 0.467 e. The van der Waals surface area contributed by atoms with Crippen molar-refractivity contribution in [3.05, 3.63) is 69.7 Å². The molecule has 0 saturated carbocycles. The van der Waals surface area contributed by atoms with Gasteiger partial charge in [0.15, 0.2) is 0 Å². The number of likely N-dealkylation sites (tertiary alicyclic amines) is 1. The Morgan fingerprint density at radius 3 is 1.96 bits per heavy atom. The summed E-state index contributed by atoms with van der Waals surface area (Å²) in [7, 11) is 1.34. The molecule has 0 unspecified atom stereocenters. The molecule has 0 N–H and O–H groups in total. The van der Waals surface area contributed by atoms with Gasteiger partial charge < -0.3 is 9.64 Å². The van der Waals surface area contributed by atoms with Crippen LogP contribution >= 0.6 is 23.2 Å². The highest BCUT2D eigenvalue weighted by Crippen LogP contribution is 2.36. The van der Waals surface area contributed by atoms with Crippen molar-refractivity contribution in [1.29, 1.82) is 0 Å². The van der Waals surface area contributed by atoms with Crippen LogP contribution in [0.4, 0.5) is 0 Å². The highest BCUT2D eigenvalue weighted by atomic mass is 35.5. The molecular formula is C19H17Cl2NO3. The van der Waals surface area contributed by atoms with Gasteiger partial charge in [-0.25, -0.2) is 4.79 Å². The molecular weight excluding hydrogens is 361 g/mol. The molecule has 1 fully saturated rings. The molecule has 4 nitrogen and oxygen atoms in total. The standard InChI is InChI=1S/C19H17Cl2NO3/c1-25-19(24)16-10-11-17(23)22(16)18(12-2-6-14(20)7-3-12)13-4-8-15(21)9-5-13/h2-9,16,18H,10-11H2,1H3/t16-/m0/s1. The lowest BCUT2D eigenvalue weighted by molar-refractivity contribution is -0.150. The minimum absolute atomic E-state index is 0.0784. The molecule has 130 valence electrons. The number of hydrogen-bond acceptors (Lipinski definition) is 3. The predicted molar refractivity (Wildman–Crippen MR) is 96.6 cm³/mol. The monoisotopic (exact) mass is 377 g/mol. The summed E-state index contributed by atoms with van der Waals surface area (Å²) in [4.78, 5) is 26.4. The van der Waals surface area contributed by atoms with E-state index in [-0.39, 0.29) is 5.91 Å². The van der Waals surface area contributed by atoms with Crippen molar-refractivity contribution in [2.24, 2.45) is 0 Å². The zero-order valence-electron chi connectivity index (χ0n) is 13.6. The Morgan fingerprint density at radius 2 is 1.52 bits per heavy atom. The normalized spacial score (nSPS) is 17.2. The summed E-state index contributed by atoms with van der Waals surface area (Å²) in [5.74, 6) is -0.482. The van der Waals surface area contributed by atoms with Crippen molar-refractivity contribution in [2.45, 2.75) is 24.9 Å². The number of carbonyl (C=O) groups excluding carboxylic acids is 2. The summed E-state index contributed by atoms with van der Waals surface area (Å²) in [6.07, 6.45) is 0.765. The molecule has 1 atom stereocenters. The van der Waals surface area contributed by atoms with E-state index in [1.165, 1.54) is 7.11 Å². The molecule has 0 aliphatic carbocycles. The zero-order valence-corrected chi connectivity index (χ0v) is 15.1. The first kappa shape index (κ1) is 17.8. The predicted octanol–water partition coefficient (Wildman–Crippen LogP) is 4.25. The first-order valence-corrected chi connectivity index (χ1v) is 8.67. The fourth-order valence-corrected chi connectivity index (χ4v) is 3.45. The van der Waals surface area contributed by atoms with Gasteiger partial charge in [0.25, 0.3) is 0 Å². The van der Waals surface area contributed by atoms with Crippen molar-refractivity contribution in [3.63, 3.8) is 0 Å². The smallest absolute Gasteiger partial charge is 0.328 e. The molecule has 1 aliphatic rings. The van der Waals surface area contributed by atoms with Crippen molar-refractivity contribution < 1.29 is 14.3 Å².